The molecule has 0 fully saturated rings. The number of carbonyl (C=O) groups is 3. The Morgan fingerprint density at radius 1 is 0.957 bits per heavy atom. The van der Waals surface area contributed by atoms with Crippen LogP contribution in [0.2, 0.25) is 0 Å². The van der Waals surface area contributed by atoms with Crippen molar-refractivity contribution >= 4 is 28.6 Å². The second-order valence-corrected chi connectivity index (χ2v) is 5.03. The zero-order valence-corrected chi connectivity index (χ0v) is 12.5. The van der Waals surface area contributed by atoms with E-state index in [2.05, 4.69) is 4.84 Å². The van der Waals surface area contributed by atoms with Gasteiger partial charge in [-0.05, 0) is 22.8 Å². The quantitative estimate of drug-likeness (QED) is 0.797. The Hall–Kier alpha value is -2.89. The molecule has 0 saturated carbocycles. The fraction of sp³-hybridized carbons (Fsp3) is 0.235. The summed E-state index contributed by atoms with van der Waals surface area (Å²) in [6, 6.07) is 13.8. The molecule has 1 amide bonds. The van der Waals surface area contributed by atoms with Gasteiger partial charge in [-0.3, -0.25) is 9.59 Å². The Labute approximate surface area is 133 Å². The van der Waals surface area contributed by atoms with Crippen LogP contribution in [0.1, 0.15) is 24.8 Å². The van der Waals surface area contributed by atoms with Gasteiger partial charge in [0.2, 0.25) is 0 Å². The first-order valence-corrected chi connectivity index (χ1v) is 7.23. The molecule has 0 aromatic heterocycles. The molecule has 2 rings (SSSR count). The first-order chi connectivity index (χ1) is 11.1. The molecule has 2 aromatic rings. The number of carboxylic acids is 1. The van der Waals surface area contributed by atoms with Crippen LogP contribution in [0.5, 0.6) is 0 Å². The number of hydrogen-bond donors (Lipinski definition) is 2. The summed E-state index contributed by atoms with van der Waals surface area (Å²) in [4.78, 5) is 37.7. The third kappa shape index (κ3) is 5.10. The lowest BCUT2D eigenvalue weighted by atomic mass is 10.0. The molecule has 0 saturated heterocycles. The van der Waals surface area contributed by atoms with Crippen molar-refractivity contribution in [2.24, 2.45) is 0 Å². The highest BCUT2D eigenvalue weighted by atomic mass is 16.7. The topological polar surface area (TPSA) is 92.7 Å². The van der Waals surface area contributed by atoms with E-state index in [1.807, 2.05) is 47.9 Å². The first-order valence-electron chi connectivity index (χ1n) is 7.23. The van der Waals surface area contributed by atoms with Crippen molar-refractivity contribution in [3.05, 3.63) is 48.0 Å². The molecular weight excluding hydrogens is 298 g/mol. The SMILES string of the molecule is O=C(O)CCC(=O)ONC(=O)CCc1cccc2ccccc12. The van der Waals surface area contributed by atoms with Crippen LogP contribution >= 0.6 is 0 Å². The monoisotopic (exact) mass is 315 g/mol. The van der Waals surface area contributed by atoms with Crippen LogP contribution in [0, 0.1) is 0 Å². The molecule has 23 heavy (non-hydrogen) atoms. The lowest BCUT2D eigenvalue weighted by molar-refractivity contribution is -0.159. The van der Waals surface area contributed by atoms with Crippen LogP contribution in [-0.4, -0.2) is 23.0 Å². The van der Waals surface area contributed by atoms with Gasteiger partial charge in [0.05, 0.1) is 12.8 Å². The van der Waals surface area contributed by atoms with Crippen LogP contribution < -0.4 is 5.48 Å². The van der Waals surface area contributed by atoms with Crippen molar-refractivity contribution in [2.75, 3.05) is 0 Å². The van der Waals surface area contributed by atoms with Crippen LogP contribution in [0.3, 0.4) is 0 Å². The van der Waals surface area contributed by atoms with Crippen molar-refractivity contribution in [3.63, 3.8) is 0 Å². The fourth-order valence-electron chi connectivity index (χ4n) is 2.18. The lowest BCUT2D eigenvalue weighted by Gasteiger charge is -2.07. The Balaban J connectivity index is 1.82. The average Bonchev–Trinajstić information content (AvgIpc) is 2.56. The Kier molecular flexibility index (Phi) is 5.68. The van der Waals surface area contributed by atoms with E-state index in [9.17, 15) is 14.4 Å². The smallest absolute Gasteiger partial charge is 0.332 e. The summed E-state index contributed by atoms with van der Waals surface area (Å²) >= 11 is 0. The molecule has 0 radical (unpaired) electrons. The molecule has 0 spiro atoms. The molecule has 0 unspecified atom stereocenters. The van der Waals surface area contributed by atoms with Crippen molar-refractivity contribution in [1.29, 1.82) is 0 Å². The molecular formula is C17H17NO5. The van der Waals surface area contributed by atoms with Gasteiger partial charge in [0, 0.05) is 6.42 Å². The zero-order chi connectivity index (χ0) is 16.7. The third-order valence-corrected chi connectivity index (χ3v) is 3.32. The second kappa shape index (κ2) is 7.93. The Morgan fingerprint density at radius 2 is 1.70 bits per heavy atom. The highest BCUT2D eigenvalue weighted by Crippen LogP contribution is 2.19. The number of carboxylic acid groups (broad SMARTS) is 1. The molecule has 0 aliphatic rings. The van der Waals surface area contributed by atoms with Crippen molar-refractivity contribution < 1.29 is 24.3 Å². The van der Waals surface area contributed by atoms with E-state index in [1.54, 1.807) is 0 Å². The summed E-state index contributed by atoms with van der Waals surface area (Å²) in [6.45, 7) is 0. The molecule has 6 nitrogen and oxygen atoms in total. The lowest BCUT2D eigenvalue weighted by Crippen LogP contribution is -2.27. The summed E-state index contributed by atoms with van der Waals surface area (Å²) in [5.41, 5.74) is 3.08. The van der Waals surface area contributed by atoms with Gasteiger partial charge in [-0.15, -0.1) is 0 Å². The van der Waals surface area contributed by atoms with Crippen LogP contribution in [-0.2, 0) is 25.6 Å². The maximum absolute atomic E-state index is 11.7. The number of carbonyl (C=O) groups excluding carboxylic acids is 2. The molecule has 0 aliphatic heterocycles. The van der Waals surface area contributed by atoms with Crippen LogP contribution in [0.4, 0.5) is 0 Å². The number of hydroxylamine groups is 1. The number of hydrogen-bond acceptors (Lipinski definition) is 4. The predicted molar refractivity (Wildman–Crippen MR) is 83.4 cm³/mol. The first kappa shape index (κ1) is 16.5. The van der Waals surface area contributed by atoms with Gasteiger partial charge in [-0.2, -0.15) is 5.48 Å². The largest absolute Gasteiger partial charge is 0.481 e. The average molecular weight is 315 g/mol. The van der Waals surface area contributed by atoms with Gasteiger partial charge in [-0.25, -0.2) is 4.79 Å². The fourth-order valence-corrected chi connectivity index (χ4v) is 2.18. The number of nitrogens with one attached hydrogen (secondary N) is 1. The number of aryl methyl sites for hydroxylation is 1. The van der Waals surface area contributed by atoms with E-state index in [4.69, 9.17) is 5.11 Å². The van der Waals surface area contributed by atoms with Crippen molar-refractivity contribution in [2.45, 2.75) is 25.7 Å². The summed E-state index contributed by atoms with van der Waals surface area (Å²) in [6.07, 6.45) is 0.0731. The van der Waals surface area contributed by atoms with Gasteiger partial charge < -0.3 is 9.94 Å². The minimum atomic E-state index is -1.09. The number of amides is 1. The maximum atomic E-state index is 11.7. The Bertz CT molecular complexity index is 721. The van der Waals surface area contributed by atoms with Gasteiger partial charge in [0.25, 0.3) is 5.91 Å². The van der Waals surface area contributed by atoms with Crippen LogP contribution in [0.15, 0.2) is 42.5 Å². The summed E-state index contributed by atoms with van der Waals surface area (Å²) < 4.78 is 0. The summed E-state index contributed by atoms with van der Waals surface area (Å²) in [7, 11) is 0. The van der Waals surface area contributed by atoms with E-state index < -0.39 is 17.8 Å². The zero-order valence-electron chi connectivity index (χ0n) is 12.5. The molecule has 6 heteroatoms. The highest BCUT2D eigenvalue weighted by Gasteiger charge is 2.10. The van der Waals surface area contributed by atoms with Gasteiger partial charge >= 0.3 is 11.9 Å². The Morgan fingerprint density at radius 3 is 2.48 bits per heavy atom. The van der Waals surface area contributed by atoms with E-state index in [1.165, 1.54) is 0 Å². The van der Waals surface area contributed by atoms with E-state index in [-0.39, 0.29) is 19.3 Å². The minimum Gasteiger partial charge on any atom is -0.481 e. The van der Waals surface area contributed by atoms with E-state index >= 15 is 0 Å². The number of aliphatic carboxylic acids is 1. The second-order valence-electron chi connectivity index (χ2n) is 5.03. The maximum Gasteiger partial charge on any atom is 0.332 e. The van der Waals surface area contributed by atoms with E-state index in [0.29, 0.717) is 6.42 Å². The standard InChI is InChI=1S/C17H17NO5/c19-15(18-23-17(22)11-10-16(20)21)9-8-13-6-3-5-12-4-1-2-7-14(12)13/h1-7H,8-11H2,(H,18,19)(H,20,21). The molecule has 2 N–H and O–H groups in total. The number of fused-ring (bicyclic) bond motifs is 1. The predicted octanol–water partition coefficient (Wildman–Crippen LogP) is 2.21. The molecule has 2 aromatic carbocycles. The van der Waals surface area contributed by atoms with Crippen molar-refractivity contribution in [1.82, 2.24) is 5.48 Å². The number of rotatable bonds is 6. The van der Waals surface area contributed by atoms with Crippen LogP contribution in [0.25, 0.3) is 10.8 Å². The third-order valence-electron chi connectivity index (χ3n) is 3.32. The van der Waals surface area contributed by atoms with Crippen molar-refractivity contribution in [3.8, 4) is 0 Å². The molecule has 0 bridgehead atoms. The molecule has 0 atom stereocenters. The molecule has 120 valence electrons. The van der Waals surface area contributed by atoms with Gasteiger partial charge in [-0.1, -0.05) is 42.5 Å². The van der Waals surface area contributed by atoms with E-state index in [0.717, 1.165) is 16.3 Å². The normalized spacial score (nSPS) is 10.3. The van der Waals surface area contributed by atoms with Gasteiger partial charge in [0.1, 0.15) is 0 Å². The minimum absolute atomic E-state index is 0.167. The van der Waals surface area contributed by atoms with Gasteiger partial charge in [0.15, 0.2) is 0 Å². The summed E-state index contributed by atoms with van der Waals surface area (Å²) in [5.74, 6) is -2.29. The molecule has 0 aliphatic carbocycles. The number of benzene rings is 2. The highest BCUT2D eigenvalue weighted by molar-refractivity contribution is 5.86. The summed E-state index contributed by atoms with van der Waals surface area (Å²) in [5, 5.41) is 10.6. The molecule has 0 heterocycles.